The highest BCUT2D eigenvalue weighted by molar-refractivity contribution is 7.22. The first-order valence-corrected chi connectivity index (χ1v) is 22.7. The maximum atomic E-state index is 6.55. The zero-order chi connectivity index (χ0) is 43.1. The minimum absolute atomic E-state index is 0.867. The van der Waals surface area contributed by atoms with Crippen LogP contribution in [0, 0.1) is 0 Å². The number of benzene rings is 10. The van der Waals surface area contributed by atoms with E-state index in [1.807, 2.05) is 6.07 Å². The van der Waals surface area contributed by atoms with Gasteiger partial charge in [-0.1, -0.05) is 176 Å². The Morgan fingerprint density at radius 3 is 1.28 bits per heavy atom. The first-order chi connectivity index (χ1) is 32.2. The molecule has 2 aromatic heterocycles. The molecule has 0 aliphatic rings. The van der Waals surface area contributed by atoms with Gasteiger partial charge in [0.15, 0.2) is 0 Å². The number of hydrogen-bond acceptors (Lipinski definition) is 4. The van der Waals surface area contributed by atoms with Crippen LogP contribution in [0.5, 0.6) is 0 Å². The number of anilines is 3. The largest absolute Gasteiger partial charge is 0.456 e. The molecule has 0 bridgehead atoms. The van der Waals surface area contributed by atoms with Gasteiger partial charge < -0.3 is 9.32 Å². The lowest BCUT2D eigenvalue weighted by molar-refractivity contribution is 0.669. The number of rotatable bonds is 9. The van der Waals surface area contributed by atoms with Gasteiger partial charge in [0, 0.05) is 33.4 Å². The molecule has 0 radical (unpaired) electrons. The normalized spacial score (nSPS) is 11.4. The Kier molecular flexibility index (Phi) is 9.70. The predicted molar refractivity (Wildman–Crippen MR) is 274 cm³/mol. The van der Waals surface area contributed by atoms with Gasteiger partial charge in [-0.2, -0.15) is 0 Å². The molecule has 0 N–H and O–H groups in total. The van der Waals surface area contributed by atoms with Crippen LogP contribution in [0.3, 0.4) is 0 Å². The average molecular weight is 849 g/mol. The molecule has 306 valence electrons. The minimum atomic E-state index is 0.867. The first kappa shape index (κ1) is 38.4. The van der Waals surface area contributed by atoms with Crippen LogP contribution in [0.1, 0.15) is 0 Å². The topological polar surface area (TPSA) is 29.3 Å². The number of fused-ring (bicyclic) bond motifs is 5. The van der Waals surface area contributed by atoms with Gasteiger partial charge in [0.05, 0.1) is 10.2 Å². The summed E-state index contributed by atoms with van der Waals surface area (Å²) in [5, 5.41) is 3.24. The Labute approximate surface area is 381 Å². The molecule has 0 saturated carbocycles. The quantitative estimate of drug-likeness (QED) is 0.145. The van der Waals surface area contributed by atoms with Crippen LogP contribution in [0.15, 0.2) is 247 Å². The summed E-state index contributed by atoms with van der Waals surface area (Å²) >= 11 is 1.72. The second kappa shape index (κ2) is 16.4. The highest BCUT2D eigenvalue weighted by Crippen LogP contribution is 2.43. The number of furan rings is 1. The molecule has 0 atom stereocenters. The molecule has 65 heavy (non-hydrogen) atoms. The van der Waals surface area contributed by atoms with Gasteiger partial charge in [0.25, 0.3) is 0 Å². The SMILES string of the molecule is c1ccc(-c2ccc(-c3ccc(N(c4ccc(-c5ccc6c(c5)oc5ccc7nc(-c8ccccc8)sc7c56)cc4)c4cc(-c5ccccc5)cc(-c5ccccc5)c4)cc3)cc2)cc1. The highest BCUT2D eigenvalue weighted by Gasteiger charge is 2.19. The van der Waals surface area contributed by atoms with E-state index < -0.39 is 0 Å². The minimum Gasteiger partial charge on any atom is -0.456 e. The number of hydrogen-bond donors (Lipinski definition) is 0. The fourth-order valence-corrected chi connectivity index (χ4v) is 10.1. The van der Waals surface area contributed by atoms with Crippen molar-refractivity contribution in [3.63, 3.8) is 0 Å². The van der Waals surface area contributed by atoms with Gasteiger partial charge >= 0.3 is 0 Å². The van der Waals surface area contributed by atoms with E-state index in [1.54, 1.807) is 11.3 Å². The van der Waals surface area contributed by atoms with E-state index in [1.165, 1.54) is 33.4 Å². The zero-order valence-electron chi connectivity index (χ0n) is 35.3. The molecule has 0 unspecified atom stereocenters. The van der Waals surface area contributed by atoms with Crippen molar-refractivity contribution >= 4 is 60.6 Å². The van der Waals surface area contributed by atoms with E-state index in [0.717, 1.165) is 82.0 Å². The van der Waals surface area contributed by atoms with Crippen LogP contribution >= 0.6 is 11.3 Å². The Bertz CT molecular complexity index is 3540. The number of aromatic nitrogens is 1. The molecule has 0 spiro atoms. The summed E-state index contributed by atoms with van der Waals surface area (Å²) < 4.78 is 7.70. The van der Waals surface area contributed by atoms with E-state index in [9.17, 15) is 0 Å². The van der Waals surface area contributed by atoms with Crippen molar-refractivity contribution in [1.82, 2.24) is 4.98 Å². The van der Waals surface area contributed by atoms with Crippen molar-refractivity contribution in [1.29, 1.82) is 0 Å². The molecule has 12 rings (SSSR count). The molecule has 0 aliphatic carbocycles. The molecule has 0 aliphatic heterocycles. The third-order valence-corrected chi connectivity index (χ3v) is 13.4. The summed E-state index contributed by atoms with van der Waals surface area (Å²) in [5.41, 5.74) is 18.7. The van der Waals surface area contributed by atoms with Gasteiger partial charge in [-0.05, 0) is 122 Å². The summed E-state index contributed by atoms with van der Waals surface area (Å²) in [6.07, 6.45) is 0. The van der Waals surface area contributed by atoms with Gasteiger partial charge in [-0.15, -0.1) is 11.3 Å². The van der Waals surface area contributed by atoms with Gasteiger partial charge in [-0.25, -0.2) is 4.98 Å². The third kappa shape index (κ3) is 7.36. The van der Waals surface area contributed by atoms with Gasteiger partial charge in [0.1, 0.15) is 16.2 Å². The van der Waals surface area contributed by atoms with Crippen LogP contribution in [0.4, 0.5) is 17.1 Å². The molecular weight excluding hydrogens is 809 g/mol. The molecule has 12 aromatic rings. The summed E-state index contributed by atoms with van der Waals surface area (Å²) in [5.74, 6) is 0. The summed E-state index contributed by atoms with van der Waals surface area (Å²) in [6.45, 7) is 0. The van der Waals surface area contributed by atoms with Gasteiger partial charge in [0.2, 0.25) is 0 Å². The number of thiazole rings is 1. The monoisotopic (exact) mass is 848 g/mol. The van der Waals surface area contributed by atoms with Crippen molar-refractivity contribution in [2.75, 3.05) is 4.90 Å². The lowest BCUT2D eigenvalue weighted by atomic mass is 9.97. The predicted octanol–water partition coefficient (Wildman–Crippen LogP) is 17.7. The molecular formula is C61H40N2OS. The maximum absolute atomic E-state index is 6.55. The average Bonchev–Trinajstić information content (AvgIpc) is 4.00. The lowest BCUT2D eigenvalue weighted by Gasteiger charge is -2.27. The first-order valence-electron chi connectivity index (χ1n) is 21.9. The maximum Gasteiger partial charge on any atom is 0.137 e. The van der Waals surface area contributed by atoms with E-state index in [4.69, 9.17) is 9.40 Å². The van der Waals surface area contributed by atoms with Crippen molar-refractivity contribution < 1.29 is 4.42 Å². The van der Waals surface area contributed by atoms with Crippen molar-refractivity contribution in [3.05, 3.63) is 243 Å². The summed E-state index contributed by atoms with van der Waals surface area (Å²) in [4.78, 5) is 7.37. The second-order valence-electron chi connectivity index (χ2n) is 16.4. The highest BCUT2D eigenvalue weighted by atomic mass is 32.1. The zero-order valence-corrected chi connectivity index (χ0v) is 36.1. The number of nitrogens with zero attached hydrogens (tertiary/aromatic N) is 2. The summed E-state index contributed by atoms with van der Waals surface area (Å²) in [6, 6.07) is 86.6. The molecule has 0 amide bonds. The van der Waals surface area contributed by atoms with E-state index >= 15 is 0 Å². The molecule has 0 fully saturated rings. The lowest BCUT2D eigenvalue weighted by Crippen LogP contribution is -2.10. The van der Waals surface area contributed by atoms with Crippen molar-refractivity contribution in [3.8, 4) is 66.2 Å². The van der Waals surface area contributed by atoms with E-state index in [-0.39, 0.29) is 0 Å². The molecule has 10 aromatic carbocycles. The van der Waals surface area contributed by atoms with E-state index in [0.29, 0.717) is 0 Å². The Morgan fingerprint density at radius 2 is 0.754 bits per heavy atom. The van der Waals surface area contributed by atoms with E-state index in [2.05, 4.69) is 241 Å². The Hall–Kier alpha value is -8.31. The van der Waals surface area contributed by atoms with Crippen LogP contribution in [0.25, 0.3) is 98.4 Å². The Balaban J connectivity index is 0.933. The van der Waals surface area contributed by atoms with Crippen LogP contribution in [-0.2, 0) is 0 Å². The fraction of sp³-hybridized carbons (Fsp3) is 0. The second-order valence-corrected chi connectivity index (χ2v) is 17.4. The fourth-order valence-electron chi connectivity index (χ4n) is 9.00. The summed E-state index contributed by atoms with van der Waals surface area (Å²) in [7, 11) is 0. The third-order valence-electron chi connectivity index (χ3n) is 12.3. The molecule has 0 saturated heterocycles. The molecule has 3 nitrogen and oxygen atoms in total. The van der Waals surface area contributed by atoms with Crippen molar-refractivity contribution in [2.45, 2.75) is 0 Å². The standard InChI is InChI=1S/C61H40N2OS/c1-5-13-41(14-6-1)44-21-23-45(24-22-44)46-25-30-52(31-26-46)63(54-38-50(42-15-7-2-8-16-42)37-51(39-54)43-17-9-3-10-18-43)53-32-27-47(28-33-53)49-29-34-55-58(40-49)64-57-36-35-56-60(59(55)57)65-61(62-56)48-19-11-4-12-20-48/h1-40H. The smallest absolute Gasteiger partial charge is 0.137 e. The van der Waals surface area contributed by atoms with Crippen LogP contribution in [-0.4, -0.2) is 4.98 Å². The van der Waals surface area contributed by atoms with Crippen LogP contribution in [0.2, 0.25) is 0 Å². The Morgan fingerprint density at radius 1 is 0.323 bits per heavy atom. The molecule has 4 heteroatoms. The molecule has 2 heterocycles. The van der Waals surface area contributed by atoms with Crippen LogP contribution < -0.4 is 4.90 Å². The van der Waals surface area contributed by atoms with Gasteiger partial charge in [-0.3, -0.25) is 0 Å². The van der Waals surface area contributed by atoms with Crippen molar-refractivity contribution in [2.24, 2.45) is 0 Å².